The van der Waals surface area contributed by atoms with Crippen LogP contribution in [0, 0.1) is 11.6 Å². The zero-order valence-corrected chi connectivity index (χ0v) is 15.6. The molecule has 27 heavy (non-hydrogen) atoms. The third-order valence-electron chi connectivity index (χ3n) is 4.20. The van der Waals surface area contributed by atoms with Gasteiger partial charge in [-0.2, -0.15) is 0 Å². The van der Waals surface area contributed by atoms with E-state index >= 15 is 0 Å². The molecule has 0 radical (unpaired) electrons. The molecule has 0 aliphatic heterocycles. The second-order valence-electron chi connectivity index (χ2n) is 6.47. The van der Waals surface area contributed by atoms with Crippen LogP contribution < -0.4 is 5.32 Å². The van der Waals surface area contributed by atoms with Crippen molar-refractivity contribution in [1.29, 1.82) is 0 Å². The molecule has 7 heteroatoms. The molecule has 2 rings (SSSR count). The third kappa shape index (κ3) is 6.14. The molecule has 2 aromatic rings. The summed E-state index contributed by atoms with van der Waals surface area (Å²) >= 11 is 0. The fourth-order valence-corrected chi connectivity index (χ4v) is 2.62. The zero-order valence-electron chi connectivity index (χ0n) is 15.6. The highest BCUT2D eigenvalue weighted by Crippen LogP contribution is 2.11. The van der Waals surface area contributed by atoms with E-state index in [2.05, 4.69) is 5.32 Å². The van der Waals surface area contributed by atoms with Gasteiger partial charge < -0.3 is 10.2 Å². The number of benzene rings is 2. The first-order chi connectivity index (χ1) is 12.8. The van der Waals surface area contributed by atoms with Crippen molar-refractivity contribution < 1.29 is 18.4 Å². The first-order valence-electron chi connectivity index (χ1n) is 8.51. The van der Waals surface area contributed by atoms with E-state index in [0.717, 1.165) is 0 Å². The van der Waals surface area contributed by atoms with Gasteiger partial charge in [-0.25, -0.2) is 8.78 Å². The maximum Gasteiger partial charge on any atom is 0.239 e. The Hall–Kier alpha value is -2.80. The number of anilines is 1. The van der Waals surface area contributed by atoms with Crippen LogP contribution in [0.1, 0.15) is 12.5 Å². The molecule has 0 bridgehead atoms. The summed E-state index contributed by atoms with van der Waals surface area (Å²) in [5.41, 5.74) is 1.04. The van der Waals surface area contributed by atoms with Gasteiger partial charge in [0.2, 0.25) is 11.8 Å². The number of likely N-dealkylation sites (N-methyl/N-ethyl adjacent to an activating group) is 2. The maximum absolute atomic E-state index is 13.3. The number of halogens is 2. The van der Waals surface area contributed by atoms with E-state index in [0.29, 0.717) is 11.3 Å². The van der Waals surface area contributed by atoms with Gasteiger partial charge in [-0.15, -0.1) is 0 Å². The van der Waals surface area contributed by atoms with Crippen molar-refractivity contribution >= 4 is 17.5 Å². The average Bonchev–Trinajstić information content (AvgIpc) is 2.60. The lowest BCUT2D eigenvalue weighted by atomic mass is 10.2. The topological polar surface area (TPSA) is 52.7 Å². The number of nitrogens with zero attached hydrogens (tertiary/aromatic N) is 2. The molecule has 5 nitrogen and oxygen atoms in total. The summed E-state index contributed by atoms with van der Waals surface area (Å²) in [6.45, 7) is 1.93. The lowest BCUT2D eigenvalue weighted by molar-refractivity contribution is -0.135. The van der Waals surface area contributed by atoms with Crippen LogP contribution in [-0.4, -0.2) is 48.3 Å². The smallest absolute Gasteiger partial charge is 0.239 e. The summed E-state index contributed by atoms with van der Waals surface area (Å²) in [4.78, 5) is 27.8. The van der Waals surface area contributed by atoms with Crippen molar-refractivity contribution in [2.45, 2.75) is 19.5 Å². The molecule has 1 atom stereocenters. The van der Waals surface area contributed by atoms with E-state index in [4.69, 9.17) is 0 Å². The van der Waals surface area contributed by atoms with Gasteiger partial charge in [0.1, 0.15) is 11.6 Å². The van der Waals surface area contributed by atoms with Crippen LogP contribution >= 0.6 is 0 Å². The summed E-state index contributed by atoms with van der Waals surface area (Å²) in [7, 11) is 3.29. The highest BCUT2D eigenvalue weighted by molar-refractivity contribution is 5.92. The minimum absolute atomic E-state index is 0.0305. The Morgan fingerprint density at radius 3 is 2.30 bits per heavy atom. The van der Waals surface area contributed by atoms with Crippen molar-refractivity contribution in [3.05, 3.63) is 65.7 Å². The van der Waals surface area contributed by atoms with Gasteiger partial charge in [-0.1, -0.05) is 18.2 Å². The second kappa shape index (κ2) is 9.23. The number of rotatable bonds is 7. The van der Waals surface area contributed by atoms with Crippen LogP contribution in [0.5, 0.6) is 0 Å². The van der Waals surface area contributed by atoms with Gasteiger partial charge in [-0.3, -0.25) is 14.5 Å². The molecule has 144 valence electrons. The van der Waals surface area contributed by atoms with E-state index < -0.39 is 11.9 Å². The van der Waals surface area contributed by atoms with Crippen molar-refractivity contribution in [2.75, 3.05) is 26.0 Å². The Bertz CT molecular complexity index is 813. The van der Waals surface area contributed by atoms with Crippen molar-refractivity contribution in [3.63, 3.8) is 0 Å². The largest absolute Gasteiger partial charge is 0.340 e. The minimum atomic E-state index is -0.554. The summed E-state index contributed by atoms with van der Waals surface area (Å²) in [5.74, 6) is -1.34. The van der Waals surface area contributed by atoms with Crippen LogP contribution in [0.2, 0.25) is 0 Å². The Labute approximate surface area is 157 Å². The molecule has 2 aromatic carbocycles. The Morgan fingerprint density at radius 1 is 1.04 bits per heavy atom. The molecular weight excluding hydrogens is 352 g/mol. The van der Waals surface area contributed by atoms with Gasteiger partial charge in [0.05, 0.1) is 12.6 Å². The second-order valence-corrected chi connectivity index (χ2v) is 6.47. The molecular formula is C20H23F2N3O2. The van der Waals surface area contributed by atoms with Crippen molar-refractivity contribution in [2.24, 2.45) is 0 Å². The highest BCUT2D eigenvalue weighted by Gasteiger charge is 2.23. The first kappa shape index (κ1) is 20.5. The minimum Gasteiger partial charge on any atom is -0.340 e. The molecule has 2 amide bonds. The van der Waals surface area contributed by atoms with E-state index in [9.17, 15) is 18.4 Å². The van der Waals surface area contributed by atoms with E-state index in [1.54, 1.807) is 44.1 Å². The van der Waals surface area contributed by atoms with Gasteiger partial charge in [0.25, 0.3) is 0 Å². The third-order valence-corrected chi connectivity index (χ3v) is 4.20. The maximum atomic E-state index is 13.3. The van der Waals surface area contributed by atoms with E-state index in [-0.39, 0.29) is 30.7 Å². The summed E-state index contributed by atoms with van der Waals surface area (Å²) in [6, 6.07) is 11.1. The first-order valence-corrected chi connectivity index (χ1v) is 8.51. The summed E-state index contributed by atoms with van der Waals surface area (Å²) < 4.78 is 26.4. The predicted octanol–water partition coefficient (Wildman–Crippen LogP) is 2.88. The number of nitrogens with one attached hydrogen (secondary N) is 1. The highest BCUT2D eigenvalue weighted by atomic mass is 19.1. The number of carbonyl (C=O) groups is 2. The standard InChI is InChI=1S/C20H23F2N3O2/c1-14(20(27)25(3)12-15-6-4-7-16(21)10-15)24(2)13-19(26)23-18-9-5-8-17(22)11-18/h4-11,14H,12-13H2,1-3H3,(H,23,26)/t14-/m1/s1. The van der Waals surface area contributed by atoms with E-state index in [1.807, 2.05) is 0 Å². The van der Waals surface area contributed by atoms with Crippen LogP contribution in [0.4, 0.5) is 14.5 Å². The van der Waals surface area contributed by atoms with Crippen molar-refractivity contribution in [3.8, 4) is 0 Å². The average molecular weight is 375 g/mol. The quantitative estimate of drug-likeness (QED) is 0.810. The lowest BCUT2D eigenvalue weighted by Crippen LogP contribution is -2.46. The lowest BCUT2D eigenvalue weighted by Gasteiger charge is -2.28. The van der Waals surface area contributed by atoms with Gasteiger partial charge in [0, 0.05) is 19.3 Å². The SMILES string of the molecule is C[C@H](C(=O)N(C)Cc1cccc(F)c1)N(C)CC(=O)Nc1cccc(F)c1. The van der Waals surface area contributed by atoms with Gasteiger partial charge >= 0.3 is 0 Å². The summed E-state index contributed by atoms with van der Waals surface area (Å²) in [6.07, 6.45) is 0. The fraction of sp³-hybridized carbons (Fsp3) is 0.300. The molecule has 0 saturated carbocycles. The van der Waals surface area contributed by atoms with Crippen LogP contribution in [0.15, 0.2) is 48.5 Å². The fourth-order valence-electron chi connectivity index (χ4n) is 2.62. The number of amides is 2. The molecule has 0 heterocycles. The molecule has 0 spiro atoms. The predicted molar refractivity (Wildman–Crippen MR) is 100.0 cm³/mol. The molecule has 0 aromatic heterocycles. The molecule has 1 N–H and O–H groups in total. The van der Waals surface area contributed by atoms with E-state index in [1.165, 1.54) is 35.2 Å². The molecule has 0 saturated heterocycles. The number of hydrogen-bond acceptors (Lipinski definition) is 3. The van der Waals surface area contributed by atoms with Crippen molar-refractivity contribution in [1.82, 2.24) is 9.80 Å². The van der Waals surface area contributed by atoms with Crippen LogP contribution in [-0.2, 0) is 16.1 Å². The normalized spacial score (nSPS) is 11.9. The molecule has 0 fully saturated rings. The monoisotopic (exact) mass is 375 g/mol. The zero-order chi connectivity index (χ0) is 20.0. The number of hydrogen-bond donors (Lipinski definition) is 1. The molecule has 0 unspecified atom stereocenters. The Morgan fingerprint density at radius 2 is 1.67 bits per heavy atom. The number of carbonyl (C=O) groups excluding carboxylic acids is 2. The van der Waals surface area contributed by atoms with Crippen LogP contribution in [0.3, 0.4) is 0 Å². The van der Waals surface area contributed by atoms with Gasteiger partial charge in [0.15, 0.2) is 0 Å². The molecule has 0 aliphatic carbocycles. The van der Waals surface area contributed by atoms with Crippen LogP contribution in [0.25, 0.3) is 0 Å². The molecule has 0 aliphatic rings. The summed E-state index contributed by atoms with van der Waals surface area (Å²) in [5, 5.41) is 2.60. The Balaban J connectivity index is 1.89. The Kier molecular flexibility index (Phi) is 7.01. The van der Waals surface area contributed by atoms with Gasteiger partial charge in [-0.05, 0) is 49.9 Å².